The van der Waals surface area contributed by atoms with Gasteiger partial charge in [0.1, 0.15) is 11.0 Å². The molecule has 0 aliphatic rings. The summed E-state index contributed by atoms with van der Waals surface area (Å²) >= 11 is 49.1. The summed E-state index contributed by atoms with van der Waals surface area (Å²) in [5.74, 6) is 0. The van der Waals surface area contributed by atoms with Crippen molar-refractivity contribution in [2.75, 3.05) is 0 Å². The average molecular weight is 456 g/mol. The molecular weight excluding hydrogens is 456 g/mol. The minimum absolute atomic E-state index is 0.0633. The molecule has 114 valence electrons. The quantitative estimate of drug-likeness (QED) is 0.195. The molecule has 0 radical (unpaired) electrons. The van der Waals surface area contributed by atoms with E-state index < -0.39 is 0 Å². The van der Waals surface area contributed by atoms with Crippen molar-refractivity contribution in [2.45, 2.75) is 0 Å². The molecule has 2 nitrogen and oxygen atoms in total. The van der Waals surface area contributed by atoms with E-state index in [-0.39, 0.29) is 51.2 Å². The minimum Gasteiger partial charge on any atom is -0.148 e. The van der Waals surface area contributed by atoms with Gasteiger partial charge >= 0.3 is 0 Å². The van der Waals surface area contributed by atoms with Crippen LogP contribution in [0, 0.1) is 0 Å². The Hall–Kier alpha value is 0.360. The summed E-state index contributed by atoms with van der Waals surface area (Å²) in [6.45, 7) is 0. The van der Waals surface area contributed by atoms with E-state index >= 15 is 0 Å². The first-order chi connectivity index (χ1) is 10.3. The van der Waals surface area contributed by atoms with Gasteiger partial charge < -0.3 is 0 Å². The predicted molar refractivity (Wildman–Crippen MR) is 97.1 cm³/mol. The van der Waals surface area contributed by atoms with Crippen LogP contribution in [0.25, 0.3) is 21.8 Å². The second kappa shape index (κ2) is 6.02. The van der Waals surface area contributed by atoms with Crippen molar-refractivity contribution in [1.29, 1.82) is 0 Å². The summed E-state index contributed by atoms with van der Waals surface area (Å²) < 4.78 is 0. The Kier molecular flexibility index (Phi) is 4.70. The molecule has 0 spiro atoms. The van der Waals surface area contributed by atoms with Crippen LogP contribution in [-0.2, 0) is 0 Å². The zero-order chi connectivity index (χ0) is 16.3. The van der Waals surface area contributed by atoms with E-state index in [9.17, 15) is 0 Å². The third-order valence-corrected chi connectivity index (χ3v) is 6.57. The van der Waals surface area contributed by atoms with Crippen LogP contribution in [0.4, 0.5) is 0 Å². The maximum Gasteiger partial charge on any atom is 0.115 e. The van der Waals surface area contributed by atoms with Gasteiger partial charge in [0.25, 0.3) is 0 Å². The van der Waals surface area contributed by atoms with Crippen molar-refractivity contribution in [3.8, 4) is 0 Å². The number of aromatic nitrogens is 2. The summed E-state index contributed by atoms with van der Waals surface area (Å²) in [6, 6.07) is 0. The Morgan fingerprint density at radius 1 is 0.364 bits per heavy atom. The van der Waals surface area contributed by atoms with Gasteiger partial charge in [-0.05, 0) is 0 Å². The van der Waals surface area contributed by atoms with Gasteiger partial charge in [-0.1, -0.05) is 92.8 Å². The van der Waals surface area contributed by atoms with Crippen LogP contribution in [0.15, 0.2) is 0 Å². The Morgan fingerprint density at radius 2 is 0.636 bits per heavy atom. The molecule has 1 aromatic heterocycles. The Bertz CT molecular complexity index is 891. The maximum atomic E-state index is 6.28. The number of hydrogen-bond acceptors (Lipinski definition) is 2. The number of nitrogens with zero attached hydrogens (tertiary/aromatic N) is 2. The van der Waals surface area contributed by atoms with Gasteiger partial charge in [-0.25, -0.2) is 0 Å². The van der Waals surface area contributed by atoms with Gasteiger partial charge in [-0.3, -0.25) is 0 Å². The maximum absolute atomic E-state index is 6.28. The Balaban J connectivity index is 2.74. The van der Waals surface area contributed by atoms with Crippen molar-refractivity contribution in [3.05, 3.63) is 40.2 Å². The standard InChI is InChI=1S/C12Cl8N2/c13-3-1-2-4(14)6(16)8(18)10(20)12(2)22-21-11(1)9(19)7(17)5(3)15. The molecule has 0 unspecified atom stereocenters. The van der Waals surface area contributed by atoms with Crippen LogP contribution in [0.5, 0.6) is 0 Å². The van der Waals surface area contributed by atoms with E-state index in [1.807, 2.05) is 0 Å². The lowest BCUT2D eigenvalue weighted by Crippen LogP contribution is -1.94. The largest absolute Gasteiger partial charge is 0.148 e. The fourth-order valence-electron chi connectivity index (χ4n) is 1.98. The summed E-state index contributed by atoms with van der Waals surface area (Å²) in [5.41, 5.74) is 0.454. The van der Waals surface area contributed by atoms with Gasteiger partial charge in [0.15, 0.2) is 0 Å². The van der Waals surface area contributed by atoms with Crippen LogP contribution < -0.4 is 0 Å². The second-order valence-corrected chi connectivity index (χ2v) is 7.18. The molecule has 0 atom stereocenters. The number of fused-ring (bicyclic) bond motifs is 3. The summed E-state index contributed by atoms with van der Waals surface area (Å²) in [6.07, 6.45) is 0. The third-order valence-electron chi connectivity index (χ3n) is 2.98. The van der Waals surface area contributed by atoms with E-state index in [0.717, 1.165) is 0 Å². The summed E-state index contributed by atoms with van der Waals surface area (Å²) in [5, 5.41) is 9.35. The molecule has 1 heterocycles. The van der Waals surface area contributed by atoms with Crippen molar-refractivity contribution < 1.29 is 0 Å². The smallest absolute Gasteiger partial charge is 0.115 e. The van der Waals surface area contributed by atoms with Crippen molar-refractivity contribution >= 4 is 115 Å². The second-order valence-electron chi connectivity index (χ2n) is 4.16. The Morgan fingerprint density at radius 3 is 0.955 bits per heavy atom. The first kappa shape index (κ1) is 17.2. The molecule has 0 saturated heterocycles. The fourth-order valence-corrected chi connectivity index (χ4v) is 3.93. The number of hydrogen-bond donors (Lipinski definition) is 0. The average Bonchev–Trinajstić information content (AvgIpc) is 2.52. The van der Waals surface area contributed by atoms with E-state index in [1.165, 1.54) is 0 Å². The molecule has 22 heavy (non-hydrogen) atoms. The fraction of sp³-hybridized carbons (Fsp3) is 0. The molecule has 3 aromatic rings. The van der Waals surface area contributed by atoms with E-state index in [4.69, 9.17) is 92.8 Å². The summed E-state index contributed by atoms with van der Waals surface area (Å²) in [7, 11) is 0. The zero-order valence-corrected chi connectivity index (χ0v) is 16.0. The van der Waals surface area contributed by atoms with Gasteiger partial charge in [0, 0.05) is 10.8 Å². The third kappa shape index (κ3) is 2.32. The first-order valence-electron chi connectivity index (χ1n) is 5.41. The minimum atomic E-state index is 0.0633. The molecule has 0 fully saturated rings. The van der Waals surface area contributed by atoms with Crippen LogP contribution in [0.2, 0.25) is 40.2 Å². The van der Waals surface area contributed by atoms with Crippen LogP contribution >= 0.6 is 92.8 Å². The van der Waals surface area contributed by atoms with Gasteiger partial charge in [-0.2, -0.15) is 0 Å². The highest BCUT2D eigenvalue weighted by Crippen LogP contribution is 2.49. The summed E-state index contributed by atoms with van der Waals surface area (Å²) in [4.78, 5) is 0. The van der Waals surface area contributed by atoms with E-state index in [1.54, 1.807) is 0 Å². The lowest BCUT2D eigenvalue weighted by Gasteiger charge is -2.13. The molecule has 10 heteroatoms. The topological polar surface area (TPSA) is 25.8 Å². The number of halogens is 8. The van der Waals surface area contributed by atoms with Crippen molar-refractivity contribution in [1.82, 2.24) is 10.2 Å². The van der Waals surface area contributed by atoms with E-state index in [0.29, 0.717) is 10.8 Å². The molecule has 0 amide bonds. The van der Waals surface area contributed by atoms with Crippen molar-refractivity contribution in [2.24, 2.45) is 0 Å². The number of benzene rings is 2. The molecule has 0 bridgehead atoms. The number of rotatable bonds is 0. The molecule has 2 aromatic carbocycles. The molecule has 0 saturated carbocycles. The van der Waals surface area contributed by atoms with Gasteiger partial charge in [0.2, 0.25) is 0 Å². The zero-order valence-electron chi connectivity index (χ0n) is 9.92. The molecule has 0 aliphatic heterocycles. The SMILES string of the molecule is Clc1c(Cl)c(Cl)c2c(nnc3c(Cl)c(Cl)c(Cl)c(Cl)c32)c1Cl. The highest BCUT2D eigenvalue weighted by Gasteiger charge is 2.24. The Labute approximate surface area is 164 Å². The molecule has 0 N–H and O–H groups in total. The molecular formula is C12Cl8N2. The molecule has 3 rings (SSSR count). The van der Waals surface area contributed by atoms with Crippen LogP contribution in [-0.4, -0.2) is 10.2 Å². The van der Waals surface area contributed by atoms with E-state index in [2.05, 4.69) is 10.2 Å². The van der Waals surface area contributed by atoms with Crippen molar-refractivity contribution in [3.63, 3.8) is 0 Å². The predicted octanol–water partition coefficient (Wildman–Crippen LogP) is 8.01. The van der Waals surface area contributed by atoms with Crippen LogP contribution in [0.1, 0.15) is 0 Å². The first-order valence-corrected chi connectivity index (χ1v) is 8.43. The highest BCUT2D eigenvalue weighted by atomic mass is 35.5. The molecule has 0 aliphatic carbocycles. The van der Waals surface area contributed by atoms with Crippen LogP contribution in [0.3, 0.4) is 0 Å². The monoisotopic (exact) mass is 452 g/mol. The highest BCUT2D eigenvalue weighted by molar-refractivity contribution is 6.59. The van der Waals surface area contributed by atoms with Gasteiger partial charge in [-0.15, -0.1) is 10.2 Å². The lowest BCUT2D eigenvalue weighted by molar-refractivity contribution is 1.12. The lowest BCUT2D eigenvalue weighted by atomic mass is 10.1. The normalized spacial score (nSPS) is 11.6. The van der Waals surface area contributed by atoms with Gasteiger partial charge in [0.05, 0.1) is 40.2 Å².